The SMILES string of the molecule is CC(C)(C)OC(=O)N1CCN(SC(F)(F)F)CC1. The van der Waals surface area contributed by atoms with Gasteiger partial charge in [0.25, 0.3) is 0 Å². The standard InChI is InChI=1S/C10H17F3N2O2S/c1-9(2,3)17-8(16)14-4-6-15(7-5-14)18-10(11,12)13/h4-7H2,1-3H3. The number of nitrogens with zero attached hydrogens (tertiary/aromatic N) is 2. The third-order valence-corrected chi connectivity index (χ3v) is 2.95. The van der Waals surface area contributed by atoms with E-state index < -0.39 is 17.2 Å². The van der Waals surface area contributed by atoms with Gasteiger partial charge in [0.2, 0.25) is 0 Å². The first-order valence-electron chi connectivity index (χ1n) is 5.55. The molecule has 0 saturated carbocycles. The summed E-state index contributed by atoms with van der Waals surface area (Å²) >= 11 is -0.141. The number of alkyl halides is 3. The topological polar surface area (TPSA) is 32.8 Å². The predicted octanol–water partition coefficient (Wildman–Crippen LogP) is 2.71. The third kappa shape index (κ3) is 5.81. The van der Waals surface area contributed by atoms with Gasteiger partial charge in [0, 0.05) is 38.1 Å². The molecule has 0 radical (unpaired) electrons. The Bertz CT molecular complexity index is 296. The van der Waals surface area contributed by atoms with Gasteiger partial charge in [-0.2, -0.15) is 13.2 Å². The first-order valence-corrected chi connectivity index (χ1v) is 6.33. The van der Waals surface area contributed by atoms with Crippen molar-refractivity contribution in [2.24, 2.45) is 0 Å². The first kappa shape index (κ1) is 15.4. The molecule has 1 amide bonds. The van der Waals surface area contributed by atoms with Crippen molar-refractivity contribution in [2.75, 3.05) is 26.2 Å². The molecule has 8 heteroatoms. The van der Waals surface area contributed by atoms with Crippen LogP contribution in [0.3, 0.4) is 0 Å². The molecule has 18 heavy (non-hydrogen) atoms. The van der Waals surface area contributed by atoms with Gasteiger partial charge in [-0.25, -0.2) is 9.10 Å². The molecular formula is C10H17F3N2O2S. The van der Waals surface area contributed by atoms with Crippen LogP contribution in [-0.2, 0) is 4.74 Å². The lowest BCUT2D eigenvalue weighted by atomic mass is 10.2. The van der Waals surface area contributed by atoms with Gasteiger partial charge in [-0.05, 0) is 20.8 Å². The van der Waals surface area contributed by atoms with Crippen LogP contribution < -0.4 is 0 Å². The minimum Gasteiger partial charge on any atom is -0.444 e. The first-order chi connectivity index (χ1) is 8.07. The second-order valence-corrected chi connectivity index (χ2v) is 6.10. The lowest BCUT2D eigenvalue weighted by Gasteiger charge is -2.34. The quantitative estimate of drug-likeness (QED) is 0.694. The van der Waals surface area contributed by atoms with Crippen LogP contribution in [0.25, 0.3) is 0 Å². The van der Waals surface area contributed by atoms with E-state index in [1.54, 1.807) is 20.8 Å². The molecule has 106 valence electrons. The fraction of sp³-hybridized carbons (Fsp3) is 0.900. The van der Waals surface area contributed by atoms with Crippen LogP contribution in [-0.4, -0.2) is 52.6 Å². The molecule has 0 atom stereocenters. The van der Waals surface area contributed by atoms with Crippen molar-refractivity contribution in [1.82, 2.24) is 9.21 Å². The smallest absolute Gasteiger partial charge is 0.444 e. The number of carbonyl (C=O) groups is 1. The molecule has 0 aromatic rings. The Labute approximate surface area is 109 Å². The molecule has 0 spiro atoms. The highest BCUT2D eigenvalue weighted by molar-refractivity contribution is 7.97. The molecule has 0 unspecified atom stereocenters. The maximum absolute atomic E-state index is 12.1. The zero-order chi connectivity index (χ0) is 14.0. The van der Waals surface area contributed by atoms with Crippen LogP contribution in [0.1, 0.15) is 20.8 Å². The van der Waals surface area contributed by atoms with Crippen molar-refractivity contribution in [3.63, 3.8) is 0 Å². The van der Waals surface area contributed by atoms with Crippen molar-refractivity contribution >= 4 is 18.0 Å². The molecule has 0 aromatic heterocycles. The summed E-state index contributed by atoms with van der Waals surface area (Å²) in [7, 11) is 0. The third-order valence-electron chi connectivity index (χ3n) is 2.12. The number of rotatable bonds is 1. The zero-order valence-electron chi connectivity index (χ0n) is 10.6. The maximum atomic E-state index is 12.1. The van der Waals surface area contributed by atoms with Gasteiger partial charge in [-0.15, -0.1) is 0 Å². The molecule has 1 heterocycles. The highest BCUT2D eigenvalue weighted by Gasteiger charge is 2.35. The summed E-state index contributed by atoms with van der Waals surface area (Å²) in [5.41, 5.74) is -4.86. The maximum Gasteiger partial charge on any atom is 0.456 e. The van der Waals surface area contributed by atoms with Gasteiger partial charge in [0.05, 0.1) is 0 Å². The minimum absolute atomic E-state index is 0.141. The number of hydrogen-bond donors (Lipinski definition) is 0. The minimum atomic E-state index is -4.27. The molecule has 4 nitrogen and oxygen atoms in total. The Morgan fingerprint density at radius 2 is 1.61 bits per heavy atom. The number of hydrogen-bond acceptors (Lipinski definition) is 4. The lowest BCUT2D eigenvalue weighted by Crippen LogP contribution is -2.48. The van der Waals surface area contributed by atoms with E-state index in [2.05, 4.69) is 0 Å². The predicted molar refractivity (Wildman–Crippen MR) is 63.0 cm³/mol. The number of ether oxygens (including phenoxy) is 1. The van der Waals surface area contributed by atoms with Gasteiger partial charge in [-0.3, -0.25) is 0 Å². The second kappa shape index (κ2) is 5.56. The Kier molecular flexibility index (Phi) is 4.77. The summed E-state index contributed by atoms with van der Waals surface area (Å²) in [6.07, 6.45) is -0.473. The molecule has 0 bridgehead atoms. The Hall–Kier alpha value is -0.630. The zero-order valence-corrected chi connectivity index (χ0v) is 11.4. The van der Waals surface area contributed by atoms with Crippen molar-refractivity contribution in [2.45, 2.75) is 31.9 Å². The van der Waals surface area contributed by atoms with Crippen LogP contribution in [0.5, 0.6) is 0 Å². The van der Waals surface area contributed by atoms with Crippen molar-refractivity contribution in [3.05, 3.63) is 0 Å². The molecule has 0 aromatic carbocycles. The molecule has 0 N–H and O–H groups in total. The van der Waals surface area contributed by atoms with E-state index in [-0.39, 0.29) is 38.1 Å². The van der Waals surface area contributed by atoms with E-state index in [4.69, 9.17) is 4.74 Å². The van der Waals surface area contributed by atoms with Crippen molar-refractivity contribution in [3.8, 4) is 0 Å². The number of piperazine rings is 1. The second-order valence-electron chi connectivity index (χ2n) is 4.93. The normalized spacial score (nSPS) is 18.9. The monoisotopic (exact) mass is 286 g/mol. The largest absolute Gasteiger partial charge is 0.456 e. The van der Waals surface area contributed by atoms with E-state index in [0.717, 1.165) is 0 Å². The van der Waals surface area contributed by atoms with Crippen molar-refractivity contribution < 1.29 is 22.7 Å². The summed E-state index contributed by atoms with van der Waals surface area (Å²) < 4.78 is 42.8. The highest BCUT2D eigenvalue weighted by atomic mass is 32.2. The van der Waals surface area contributed by atoms with E-state index in [1.165, 1.54) is 9.21 Å². The Balaban J connectivity index is 2.37. The van der Waals surface area contributed by atoms with E-state index in [1.807, 2.05) is 0 Å². The molecular weight excluding hydrogens is 269 g/mol. The van der Waals surface area contributed by atoms with E-state index >= 15 is 0 Å². The molecule has 1 saturated heterocycles. The fourth-order valence-electron chi connectivity index (χ4n) is 1.43. The number of amides is 1. The van der Waals surface area contributed by atoms with Crippen LogP contribution in [0, 0.1) is 0 Å². The Morgan fingerprint density at radius 3 is 2.00 bits per heavy atom. The molecule has 1 aliphatic heterocycles. The summed E-state index contributed by atoms with van der Waals surface area (Å²) in [6.45, 7) is 6.12. The van der Waals surface area contributed by atoms with Crippen LogP contribution in [0.15, 0.2) is 0 Å². The van der Waals surface area contributed by atoms with Gasteiger partial charge < -0.3 is 9.64 Å². The Morgan fingerprint density at radius 1 is 1.11 bits per heavy atom. The van der Waals surface area contributed by atoms with Crippen LogP contribution >= 0.6 is 11.9 Å². The average molecular weight is 286 g/mol. The van der Waals surface area contributed by atoms with Crippen LogP contribution in [0.2, 0.25) is 0 Å². The summed E-state index contributed by atoms with van der Waals surface area (Å²) in [5, 5.41) is 0. The van der Waals surface area contributed by atoms with Gasteiger partial charge >= 0.3 is 11.6 Å². The van der Waals surface area contributed by atoms with E-state index in [9.17, 15) is 18.0 Å². The van der Waals surface area contributed by atoms with E-state index in [0.29, 0.717) is 0 Å². The van der Waals surface area contributed by atoms with Gasteiger partial charge in [0.1, 0.15) is 5.60 Å². The average Bonchev–Trinajstić information content (AvgIpc) is 2.13. The summed E-state index contributed by atoms with van der Waals surface area (Å²) in [6, 6.07) is 0. The number of halogens is 3. The van der Waals surface area contributed by atoms with Gasteiger partial charge in [0.15, 0.2) is 0 Å². The molecule has 0 aliphatic carbocycles. The molecule has 1 aliphatic rings. The molecule has 1 fully saturated rings. The van der Waals surface area contributed by atoms with Crippen LogP contribution in [0.4, 0.5) is 18.0 Å². The van der Waals surface area contributed by atoms with Crippen molar-refractivity contribution in [1.29, 1.82) is 0 Å². The number of carbonyl (C=O) groups excluding carboxylic acids is 1. The fourth-order valence-corrected chi connectivity index (χ4v) is 2.07. The highest BCUT2D eigenvalue weighted by Crippen LogP contribution is 2.33. The lowest BCUT2D eigenvalue weighted by molar-refractivity contribution is -0.0371. The summed E-state index contributed by atoms with van der Waals surface area (Å²) in [5.74, 6) is 0. The molecule has 1 rings (SSSR count). The summed E-state index contributed by atoms with van der Waals surface area (Å²) in [4.78, 5) is 13.1. The van der Waals surface area contributed by atoms with Gasteiger partial charge in [-0.1, -0.05) is 0 Å².